The number of aromatic amines is 2. The van der Waals surface area contributed by atoms with Crippen LogP contribution in [0, 0.1) is 0 Å². The lowest BCUT2D eigenvalue weighted by Gasteiger charge is -2.04. The normalized spacial score (nSPS) is 11.0. The first-order valence-electron chi connectivity index (χ1n) is 7.48. The van der Waals surface area contributed by atoms with E-state index in [9.17, 15) is 4.79 Å². The molecule has 0 unspecified atom stereocenters. The number of H-pyrrole nitrogens is 2. The van der Waals surface area contributed by atoms with E-state index in [1.807, 2.05) is 54.6 Å². The Kier molecular flexibility index (Phi) is 3.63. The molecule has 3 N–H and O–H groups in total. The van der Waals surface area contributed by atoms with Gasteiger partial charge in [-0.05, 0) is 42.5 Å². The van der Waals surface area contributed by atoms with Crippen molar-refractivity contribution in [1.29, 1.82) is 0 Å². The van der Waals surface area contributed by atoms with E-state index in [1.54, 1.807) is 0 Å². The van der Waals surface area contributed by atoms with Crippen molar-refractivity contribution in [2.75, 3.05) is 5.32 Å². The molecule has 0 radical (unpaired) electrons. The quantitative estimate of drug-likeness (QED) is 0.516. The molecule has 0 amide bonds. The first-order chi connectivity index (χ1) is 11.7. The highest BCUT2D eigenvalue weighted by Gasteiger charge is 2.08. The number of imidazole rings is 1. The lowest BCUT2D eigenvalue weighted by atomic mass is 10.2. The maximum Gasteiger partial charge on any atom is 0.323 e. The highest BCUT2D eigenvalue weighted by molar-refractivity contribution is 6.33. The number of aromatic nitrogens is 2. The smallest absolute Gasteiger partial charge is 0.323 e. The Morgan fingerprint density at radius 1 is 1.00 bits per heavy atom. The van der Waals surface area contributed by atoms with Gasteiger partial charge in [-0.1, -0.05) is 23.7 Å². The third-order valence-corrected chi connectivity index (χ3v) is 4.11. The summed E-state index contributed by atoms with van der Waals surface area (Å²) in [7, 11) is 0. The van der Waals surface area contributed by atoms with E-state index in [-0.39, 0.29) is 5.69 Å². The van der Waals surface area contributed by atoms with Crippen LogP contribution in [0.15, 0.2) is 63.8 Å². The van der Waals surface area contributed by atoms with Crippen LogP contribution in [0.1, 0.15) is 5.76 Å². The van der Waals surface area contributed by atoms with Gasteiger partial charge in [-0.25, -0.2) is 4.79 Å². The third kappa shape index (κ3) is 2.81. The molecule has 2 aromatic carbocycles. The Balaban J connectivity index is 1.51. The van der Waals surface area contributed by atoms with E-state index in [4.69, 9.17) is 16.0 Å². The summed E-state index contributed by atoms with van der Waals surface area (Å²) in [6.45, 7) is 0.532. The summed E-state index contributed by atoms with van der Waals surface area (Å²) in [4.78, 5) is 16.7. The molecule has 2 heterocycles. The molecule has 0 aliphatic rings. The minimum Gasteiger partial charge on any atom is -0.459 e. The molecule has 24 heavy (non-hydrogen) atoms. The van der Waals surface area contributed by atoms with E-state index in [0.717, 1.165) is 33.8 Å². The monoisotopic (exact) mass is 339 g/mol. The predicted octanol–water partition coefficient (Wildman–Crippen LogP) is 4.38. The molecule has 6 heteroatoms. The van der Waals surface area contributed by atoms with Crippen molar-refractivity contribution in [2.45, 2.75) is 6.54 Å². The van der Waals surface area contributed by atoms with Crippen molar-refractivity contribution in [2.24, 2.45) is 0 Å². The van der Waals surface area contributed by atoms with Crippen LogP contribution in [0.3, 0.4) is 0 Å². The minimum absolute atomic E-state index is 0.211. The van der Waals surface area contributed by atoms with Crippen LogP contribution in [0.2, 0.25) is 5.02 Å². The SMILES string of the molecule is O=c1[nH]c2ccc(NCc3ccc(-c4ccccc4Cl)o3)cc2[nH]1. The summed E-state index contributed by atoms with van der Waals surface area (Å²) in [5, 5.41) is 3.94. The van der Waals surface area contributed by atoms with Crippen molar-refractivity contribution < 1.29 is 4.42 Å². The van der Waals surface area contributed by atoms with Gasteiger partial charge in [0.05, 0.1) is 22.6 Å². The summed E-state index contributed by atoms with van der Waals surface area (Å²) >= 11 is 6.19. The van der Waals surface area contributed by atoms with Crippen molar-refractivity contribution in [3.05, 3.63) is 75.9 Å². The van der Waals surface area contributed by atoms with E-state index in [2.05, 4.69) is 15.3 Å². The fourth-order valence-electron chi connectivity index (χ4n) is 2.61. The zero-order valence-electron chi connectivity index (χ0n) is 12.6. The Morgan fingerprint density at radius 3 is 2.71 bits per heavy atom. The van der Waals surface area contributed by atoms with Crippen LogP contribution >= 0.6 is 11.6 Å². The van der Waals surface area contributed by atoms with Gasteiger partial charge in [0.25, 0.3) is 0 Å². The van der Waals surface area contributed by atoms with Crippen molar-refractivity contribution in [3.8, 4) is 11.3 Å². The number of furan rings is 1. The second-order valence-corrected chi connectivity index (χ2v) is 5.85. The molecule has 4 rings (SSSR count). The highest BCUT2D eigenvalue weighted by atomic mass is 35.5. The van der Waals surface area contributed by atoms with Crippen LogP contribution in [0.25, 0.3) is 22.4 Å². The number of hydrogen-bond acceptors (Lipinski definition) is 3. The molecular formula is C18H14ClN3O2. The maximum atomic E-state index is 11.3. The summed E-state index contributed by atoms with van der Waals surface area (Å²) in [6, 6.07) is 17.0. The molecular weight excluding hydrogens is 326 g/mol. The summed E-state index contributed by atoms with van der Waals surface area (Å²) < 4.78 is 5.85. The van der Waals surface area contributed by atoms with Gasteiger partial charge < -0.3 is 19.7 Å². The van der Waals surface area contributed by atoms with E-state index in [0.29, 0.717) is 11.6 Å². The summed E-state index contributed by atoms with van der Waals surface area (Å²) in [6.07, 6.45) is 0. The molecule has 0 fully saturated rings. The molecule has 0 saturated carbocycles. The number of benzene rings is 2. The Hall–Kier alpha value is -2.92. The van der Waals surface area contributed by atoms with Gasteiger partial charge in [0.15, 0.2) is 0 Å². The number of fused-ring (bicyclic) bond motifs is 1. The second-order valence-electron chi connectivity index (χ2n) is 5.44. The standard InChI is InChI=1S/C18H14ClN3O2/c19-14-4-2-1-3-13(14)17-8-6-12(24-17)10-20-11-5-7-15-16(9-11)22-18(23)21-15/h1-9,20H,10H2,(H2,21,22,23). The van der Waals surface area contributed by atoms with E-state index >= 15 is 0 Å². The van der Waals surface area contributed by atoms with Crippen molar-refractivity contribution in [3.63, 3.8) is 0 Å². The zero-order valence-corrected chi connectivity index (χ0v) is 13.4. The summed E-state index contributed by atoms with van der Waals surface area (Å²) in [5.41, 5.74) is 3.11. The molecule has 0 aliphatic carbocycles. The minimum atomic E-state index is -0.211. The van der Waals surface area contributed by atoms with E-state index in [1.165, 1.54) is 0 Å². The highest BCUT2D eigenvalue weighted by Crippen LogP contribution is 2.29. The Labute approximate surface area is 142 Å². The average Bonchev–Trinajstić information content (AvgIpc) is 3.18. The first-order valence-corrected chi connectivity index (χ1v) is 7.86. The van der Waals surface area contributed by atoms with Crippen LogP contribution in [-0.2, 0) is 6.54 Å². The summed E-state index contributed by atoms with van der Waals surface area (Å²) in [5.74, 6) is 1.54. The van der Waals surface area contributed by atoms with Crippen LogP contribution in [-0.4, -0.2) is 9.97 Å². The van der Waals surface area contributed by atoms with Gasteiger partial charge in [-0.3, -0.25) is 0 Å². The lowest BCUT2D eigenvalue weighted by Crippen LogP contribution is -1.99. The molecule has 2 aromatic heterocycles. The fraction of sp³-hybridized carbons (Fsp3) is 0.0556. The lowest BCUT2D eigenvalue weighted by molar-refractivity contribution is 0.531. The number of anilines is 1. The maximum absolute atomic E-state index is 11.3. The van der Waals surface area contributed by atoms with Gasteiger partial charge in [0.2, 0.25) is 0 Å². The van der Waals surface area contributed by atoms with Crippen LogP contribution in [0.5, 0.6) is 0 Å². The van der Waals surface area contributed by atoms with Gasteiger partial charge in [-0.15, -0.1) is 0 Å². The van der Waals surface area contributed by atoms with Crippen molar-refractivity contribution >= 4 is 28.3 Å². The molecule has 0 atom stereocenters. The number of hydrogen-bond donors (Lipinski definition) is 3. The van der Waals surface area contributed by atoms with Crippen LogP contribution < -0.4 is 11.0 Å². The first kappa shape index (κ1) is 14.7. The molecule has 0 spiro atoms. The predicted molar refractivity (Wildman–Crippen MR) is 95.4 cm³/mol. The van der Waals surface area contributed by atoms with E-state index < -0.39 is 0 Å². The Morgan fingerprint density at radius 2 is 1.83 bits per heavy atom. The van der Waals surface area contributed by atoms with Gasteiger partial charge in [0, 0.05) is 11.3 Å². The van der Waals surface area contributed by atoms with Crippen molar-refractivity contribution in [1.82, 2.24) is 9.97 Å². The fourth-order valence-corrected chi connectivity index (χ4v) is 2.84. The topological polar surface area (TPSA) is 73.8 Å². The molecule has 0 saturated heterocycles. The number of halogens is 1. The number of nitrogens with one attached hydrogen (secondary N) is 3. The molecule has 120 valence electrons. The van der Waals surface area contributed by atoms with Gasteiger partial charge in [0.1, 0.15) is 11.5 Å². The molecule has 0 aliphatic heterocycles. The van der Waals surface area contributed by atoms with Gasteiger partial charge in [-0.2, -0.15) is 0 Å². The van der Waals surface area contributed by atoms with Crippen LogP contribution in [0.4, 0.5) is 5.69 Å². The largest absolute Gasteiger partial charge is 0.459 e. The zero-order chi connectivity index (χ0) is 16.5. The Bertz CT molecular complexity index is 1060. The molecule has 0 bridgehead atoms. The third-order valence-electron chi connectivity index (χ3n) is 3.78. The van der Waals surface area contributed by atoms with Gasteiger partial charge >= 0.3 is 5.69 Å². The number of rotatable bonds is 4. The second kappa shape index (κ2) is 5.94. The molecule has 5 nitrogen and oxygen atoms in total. The molecule has 4 aromatic rings. The average molecular weight is 340 g/mol.